The number of hydrogen-bond donors (Lipinski definition) is 2. The lowest BCUT2D eigenvalue weighted by atomic mass is 10.2. The second kappa shape index (κ2) is 4.95. The number of nitrogens with one attached hydrogen (secondary N) is 1. The van der Waals surface area contributed by atoms with E-state index in [0.717, 1.165) is 6.42 Å². The minimum atomic E-state index is -0.889. The molecule has 0 radical (unpaired) electrons. The molecule has 80 valence electrons. The van der Waals surface area contributed by atoms with E-state index in [9.17, 15) is 9.59 Å². The Balaban J connectivity index is 2.49. The molecular formula is C9H16N2O3. The van der Waals surface area contributed by atoms with Crippen LogP contribution in [0.25, 0.3) is 0 Å². The molecule has 1 aliphatic heterocycles. The van der Waals surface area contributed by atoms with Crippen molar-refractivity contribution >= 4 is 11.9 Å². The van der Waals surface area contributed by atoms with Gasteiger partial charge in [-0.05, 0) is 19.9 Å². The maximum atomic E-state index is 11.5. The molecule has 0 aliphatic carbocycles. The zero-order valence-electron chi connectivity index (χ0n) is 8.32. The lowest BCUT2D eigenvalue weighted by molar-refractivity contribution is -0.148. The molecule has 5 heteroatoms. The van der Waals surface area contributed by atoms with Crippen LogP contribution in [0.4, 0.5) is 0 Å². The SMILES string of the molecule is CNCCC(=O)N1CCC[C@@H]1C(=O)O. The largest absolute Gasteiger partial charge is 0.480 e. The number of amides is 1. The highest BCUT2D eigenvalue weighted by Gasteiger charge is 2.33. The third-order valence-corrected chi connectivity index (χ3v) is 2.45. The predicted molar refractivity (Wildman–Crippen MR) is 50.9 cm³/mol. The number of aliphatic carboxylic acids is 1. The number of carboxylic acid groups (broad SMARTS) is 1. The van der Waals surface area contributed by atoms with Crippen LogP contribution in [0.2, 0.25) is 0 Å². The topological polar surface area (TPSA) is 69.6 Å². The molecule has 0 saturated carbocycles. The van der Waals surface area contributed by atoms with E-state index in [-0.39, 0.29) is 5.91 Å². The van der Waals surface area contributed by atoms with Crippen LogP contribution in [-0.2, 0) is 9.59 Å². The summed E-state index contributed by atoms with van der Waals surface area (Å²) in [5, 5.41) is 11.7. The fraction of sp³-hybridized carbons (Fsp3) is 0.778. The van der Waals surface area contributed by atoms with E-state index in [4.69, 9.17) is 5.11 Å². The van der Waals surface area contributed by atoms with Gasteiger partial charge in [0.05, 0.1) is 0 Å². The first kappa shape index (κ1) is 11.0. The van der Waals surface area contributed by atoms with Crippen molar-refractivity contribution in [2.24, 2.45) is 0 Å². The van der Waals surface area contributed by atoms with Crippen LogP contribution in [0.5, 0.6) is 0 Å². The number of likely N-dealkylation sites (tertiary alicyclic amines) is 1. The third kappa shape index (κ3) is 2.45. The minimum Gasteiger partial charge on any atom is -0.480 e. The van der Waals surface area contributed by atoms with Crippen LogP contribution < -0.4 is 5.32 Å². The van der Waals surface area contributed by atoms with Crippen molar-refractivity contribution in [3.05, 3.63) is 0 Å². The fourth-order valence-electron chi connectivity index (χ4n) is 1.70. The maximum absolute atomic E-state index is 11.5. The van der Waals surface area contributed by atoms with Gasteiger partial charge in [0.25, 0.3) is 0 Å². The van der Waals surface area contributed by atoms with Crippen molar-refractivity contribution in [3.8, 4) is 0 Å². The molecule has 1 saturated heterocycles. The minimum absolute atomic E-state index is 0.0655. The zero-order valence-corrected chi connectivity index (χ0v) is 8.32. The summed E-state index contributed by atoms with van der Waals surface area (Å²) in [5.74, 6) is -0.954. The summed E-state index contributed by atoms with van der Waals surface area (Å²) in [4.78, 5) is 23.8. The Hall–Kier alpha value is -1.10. The first-order valence-electron chi connectivity index (χ1n) is 4.83. The molecule has 0 bridgehead atoms. The maximum Gasteiger partial charge on any atom is 0.326 e. The van der Waals surface area contributed by atoms with E-state index >= 15 is 0 Å². The van der Waals surface area contributed by atoms with Gasteiger partial charge in [-0.25, -0.2) is 4.79 Å². The molecule has 0 aromatic carbocycles. The summed E-state index contributed by atoms with van der Waals surface area (Å²) < 4.78 is 0. The van der Waals surface area contributed by atoms with E-state index < -0.39 is 12.0 Å². The third-order valence-electron chi connectivity index (χ3n) is 2.45. The Morgan fingerprint density at radius 2 is 2.29 bits per heavy atom. The average molecular weight is 200 g/mol. The number of hydrogen-bond acceptors (Lipinski definition) is 3. The first-order valence-corrected chi connectivity index (χ1v) is 4.83. The lowest BCUT2D eigenvalue weighted by Gasteiger charge is -2.21. The van der Waals surface area contributed by atoms with E-state index in [1.807, 2.05) is 0 Å². The zero-order chi connectivity index (χ0) is 10.6. The first-order chi connectivity index (χ1) is 6.66. The van der Waals surface area contributed by atoms with E-state index in [2.05, 4.69) is 5.32 Å². The van der Waals surface area contributed by atoms with Crippen molar-refractivity contribution in [2.45, 2.75) is 25.3 Å². The summed E-state index contributed by atoms with van der Waals surface area (Å²) in [6.07, 6.45) is 1.75. The smallest absolute Gasteiger partial charge is 0.326 e. The molecule has 0 aromatic rings. The number of carbonyl (C=O) groups excluding carboxylic acids is 1. The summed E-state index contributed by atoms with van der Waals surface area (Å²) >= 11 is 0. The molecule has 1 heterocycles. The molecule has 0 spiro atoms. The van der Waals surface area contributed by atoms with E-state index in [1.165, 1.54) is 4.90 Å². The predicted octanol–water partition coefficient (Wildman–Crippen LogP) is -0.328. The standard InChI is InChI=1S/C9H16N2O3/c1-10-5-4-8(12)11-6-2-3-7(11)9(13)14/h7,10H,2-6H2,1H3,(H,13,14)/t7-/m1/s1. The summed E-state index contributed by atoms with van der Waals surface area (Å²) in [7, 11) is 1.77. The van der Waals surface area contributed by atoms with Crippen LogP contribution in [0.15, 0.2) is 0 Å². The normalized spacial score (nSPS) is 21.2. The molecule has 1 aliphatic rings. The highest BCUT2D eigenvalue weighted by Crippen LogP contribution is 2.17. The van der Waals surface area contributed by atoms with Crippen molar-refractivity contribution in [2.75, 3.05) is 20.1 Å². The number of rotatable bonds is 4. The fourth-order valence-corrected chi connectivity index (χ4v) is 1.70. The molecule has 1 amide bonds. The summed E-state index contributed by atoms with van der Waals surface area (Å²) in [5.41, 5.74) is 0. The molecule has 1 rings (SSSR count). The quantitative estimate of drug-likeness (QED) is 0.652. The van der Waals surface area contributed by atoms with Gasteiger partial charge in [0.15, 0.2) is 0 Å². The van der Waals surface area contributed by atoms with Gasteiger partial charge >= 0.3 is 5.97 Å². The Kier molecular flexibility index (Phi) is 3.88. The molecule has 1 fully saturated rings. The van der Waals surface area contributed by atoms with Crippen molar-refractivity contribution < 1.29 is 14.7 Å². The average Bonchev–Trinajstić information content (AvgIpc) is 2.62. The van der Waals surface area contributed by atoms with Gasteiger partial charge in [-0.15, -0.1) is 0 Å². The Labute approximate surface area is 83.1 Å². The van der Waals surface area contributed by atoms with E-state index in [1.54, 1.807) is 7.05 Å². The number of nitrogens with zero attached hydrogens (tertiary/aromatic N) is 1. The van der Waals surface area contributed by atoms with Gasteiger partial charge in [0.2, 0.25) is 5.91 Å². The summed E-state index contributed by atoms with van der Waals surface area (Å²) in [6.45, 7) is 1.18. The highest BCUT2D eigenvalue weighted by atomic mass is 16.4. The van der Waals surface area contributed by atoms with Crippen molar-refractivity contribution in [1.82, 2.24) is 10.2 Å². The molecule has 14 heavy (non-hydrogen) atoms. The van der Waals surface area contributed by atoms with Crippen LogP contribution in [0.3, 0.4) is 0 Å². The second-order valence-electron chi connectivity index (χ2n) is 3.44. The lowest BCUT2D eigenvalue weighted by Crippen LogP contribution is -2.41. The van der Waals surface area contributed by atoms with Gasteiger partial charge in [0, 0.05) is 19.5 Å². The monoisotopic (exact) mass is 200 g/mol. The molecule has 0 aromatic heterocycles. The van der Waals surface area contributed by atoms with Gasteiger partial charge in [-0.2, -0.15) is 0 Å². The van der Waals surface area contributed by atoms with Gasteiger partial charge in [-0.1, -0.05) is 0 Å². The Morgan fingerprint density at radius 3 is 2.86 bits per heavy atom. The van der Waals surface area contributed by atoms with Crippen LogP contribution in [-0.4, -0.2) is 48.1 Å². The Morgan fingerprint density at radius 1 is 1.57 bits per heavy atom. The molecule has 0 unspecified atom stereocenters. The highest BCUT2D eigenvalue weighted by molar-refractivity contribution is 5.84. The van der Waals surface area contributed by atoms with Gasteiger partial charge in [0.1, 0.15) is 6.04 Å². The van der Waals surface area contributed by atoms with Gasteiger partial charge < -0.3 is 15.3 Å². The van der Waals surface area contributed by atoms with E-state index in [0.29, 0.717) is 25.9 Å². The van der Waals surface area contributed by atoms with Crippen LogP contribution >= 0.6 is 0 Å². The van der Waals surface area contributed by atoms with Crippen molar-refractivity contribution in [1.29, 1.82) is 0 Å². The van der Waals surface area contributed by atoms with Gasteiger partial charge in [-0.3, -0.25) is 4.79 Å². The number of carbonyl (C=O) groups is 2. The second-order valence-corrected chi connectivity index (χ2v) is 3.44. The molecular weight excluding hydrogens is 184 g/mol. The Bertz CT molecular complexity index is 230. The van der Waals surface area contributed by atoms with Crippen molar-refractivity contribution in [3.63, 3.8) is 0 Å². The molecule has 1 atom stereocenters. The van der Waals surface area contributed by atoms with Crippen LogP contribution in [0.1, 0.15) is 19.3 Å². The molecule has 2 N–H and O–H groups in total. The van der Waals surface area contributed by atoms with Crippen LogP contribution in [0, 0.1) is 0 Å². The molecule has 5 nitrogen and oxygen atoms in total. The summed E-state index contributed by atoms with van der Waals surface area (Å²) in [6, 6.07) is -0.598. The number of carboxylic acids is 1.